The van der Waals surface area contributed by atoms with E-state index >= 15 is 0 Å². The largest absolute Gasteiger partial charge is 0.508 e. The molecule has 1 aromatic carbocycles. The maximum absolute atomic E-state index is 10.4. The van der Waals surface area contributed by atoms with E-state index < -0.39 is 6.09 Å². The molecule has 1 rings (SSSR count). The molecular formula is C10H14N2O3. The van der Waals surface area contributed by atoms with E-state index in [1.54, 1.807) is 24.3 Å². The Labute approximate surface area is 87.7 Å². The molecule has 82 valence electrons. The van der Waals surface area contributed by atoms with Crippen LogP contribution in [-0.2, 0) is 6.42 Å². The summed E-state index contributed by atoms with van der Waals surface area (Å²) < 4.78 is 0. The fraction of sp³-hybridized carbons (Fsp3) is 0.300. The number of hydrogen-bond acceptors (Lipinski definition) is 3. The Bertz CT molecular complexity index is 324. The monoisotopic (exact) mass is 210 g/mol. The van der Waals surface area contributed by atoms with E-state index in [0.29, 0.717) is 13.0 Å². The van der Waals surface area contributed by atoms with Gasteiger partial charge >= 0.3 is 6.09 Å². The van der Waals surface area contributed by atoms with Crippen LogP contribution in [0.25, 0.3) is 0 Å². The highest BCUT2D eigenvalue weighted by atomic mass is 16.4. The standard InChI is InChI=1S/C10H14N2O3/c11-12(10(14)15)7-1-2-8-3-5-9(13)6-4-8/h3-6,13H,1-2,7,11H2,(H,14,15). The SMILES string of the molecule is NN(CCCc1ccc(O)cc1)C(=O)O. The second kappa shape index (κ2) is 5.21. The van der Waals surface area contributed by atoms with E-state index in [1.165, 1.54) is 0 Å². The fourth-order valence-corrected chi connectivity index (χ4v) is 1.21. The summed E-state index contributed by atoms with van der Waals surface area (Å²) in [5.74, 6) is 5.43. The maximum atomic E-state index is 10.4. The Balaban J connectivity index is 2.32. The van der Waals surface area contributed by atoms with Crippen LogP contribution in [0.4, 0.5) is 4.79 Å². The molecule has 0 atom stereocenters. The second-order valence-electron chi connectivity index (χ2n) is 3.25. The highest BCUT2D eigenvalue weighted by molar-refractivity contribution is 5.63. The minimum Gasteiger partial charge on any atom is -0.508 e. The first-order valence-electron chi connectivity index (χ1n) is 4.62. The average Bonchev–Trinajstić information content (AvgIpc) is 2.20. The Hall–Kier alpha value is -1.75. The van der Waals surface area contributed by atoms with E-state index in [4.69, 9.17) is 16.1 Å². The molecule has 1 aromatic rings. The highest BCUT2D eigenvalue weighted by Gasteiger charge is 2.04. The Morgan fingerprint density at radius 3 is 2.47 bits per heavy atom. The molecule has 15 heavy (non-hydrogen) atoms. The van der Waals surface area contributed by atoms with Crippen molar-refractivity contribution in [3.05, 3.63) is 29.8 Å². The second-order valence-corrected chi connectivity index (χ2v) is 3.25. The molecule has 0 aliphatic carbocycles. The third-order valence-corrected chi connectivity index (χ3v) is 2.05. The molecule has 4 N–H and O–H groups in total. The van der Waals surface area contributed by atoms with E-state index in [2.05, 4.69) is 0 Å². The van der Waals surface area contributed by atoms with Gasteiger partial charge < -0.3 is 10.2 Å². The number of nitrogens with zero attached hydrogens (tertiary/aromatic N) is 1. The summed E-state index contributed by atoms with van der Waals surface area (Å²) in [5, 5.41) is 18.3. The van der Waals surface area contributed by atoms with Gasteiger partial charge in [0.1, 0.15) is 5.75 Å². The number of hydrazine groups is 1. The summed E-state index contributed by atoms with van der Waals surface area (Å²) in [6, 6.07) is 6.81. The van der Waals surface area contributed by atoms with Gasteiger partial charge in [-0.15, -0.1) is 0 Å². The van der Waals surface area contributed by atoms with Crippen molar-refractivity contribution in [3.63, 3.8) is 0 Å². The van der Waals surface area contributed by atoms with Gasteiger partial charge in [-0.1, -0.05) is 12.1 Å². The van der Waals surface area contributed by atoms with E-state index in [-0.39, 0.29) is 5.75 Å². The van der Waals surface area contributed by atoms with Gasteiger partial charge in [-0.05, 0) is 30.5 Å². The molecule has 5 nitrogen and oxygen atoms in total. The van der Waals surface area contributed by atoms with Crippen molar-refractivity contribution in [2.45, 2.75) is 12.8 Å². The summed E-state index contributed by atoms with van der Waals surface area (Å²) in [5.41, 5.74) is 1.05. The molecule has 5 heteroatoms. The minimum atomic E-state index is -1.12. The van der Waals surface area contributed by atoms with Gasteiger partial charge in [0.2, 0.25) is 0 Å². The number of phenols is 1. The zero-order valence-corrected chi connectivity index (χ0v) is 8.26. The third kappa shape index (κ3) is 3.86. The Morgan fingerprint density at radius 1 is 1.33 bits per heavy atom. The average molecular weight is 210 g/mol. The minimum absolute atomic E-state index is 0.227. The molecule has 0 bridgehead atoms. The van der Waals surface area contributed by atoms with Crippen LogP contribution >= 0.6 is 0 Å². The fourth-order valence-electron chi connectivity index (χ4n) is 1.21. The summed E-state index contributed by atoms with van der Waals surface area (Å²) in [6.07, 6.45) is 0.273. The zero-order valence-electron chi connectivity index (χ0n) is 8.26. The number of nitrogens with two attached hydrogens (primary N) is 1. The molecule has 0 unspecified atom stereocenters. The van der Waals surface area contributed by atoms with Crippen LogP contribution in [0, 0.1) is 0 Å². The first-order valence-corrected chi connectivity index (χ1v) is 4.62. The number of aryl methyl sites for hydroxylation is 1. The van der Waals surface area contributed by atoms with Crippen molar-refractivity contribution in [2.75, 3.05) is 6.54 Å². The van der Waals surface area contributed by atoms with Gasteiger partial charge in [-0.25, -0.2) is 15.6 Å². The van der Waals surface area contributed by atoms with Gasteiger partial charge in [0.05, 0.1) is 0 Å². The molecule has 0 fully saturated rings. The lowest BCUT2D eigenvalue weighted by Gasteiger charge is -2.11. The first-order chi connectivity index (χ1) is 7.09. The molecule has 0 radical (unpaired) electrons. The number of amides is 1. The predicted octanol–water partition coefficient (Wildman–Crippen LogP) is 1.18. The van der Waals surface area contributed by atoms with Gasteiger partial charge in [0, 0.05) is 6.54 Å². The van der Waals surface area contributed by atoms with Crippen molar-refractivity contribution in [1.29, 1.82) is 0 Å². The lowest BCUT2D eigenvalue weighted by molar-refractivity contribution is 0.145. The molecule has 0 saturated carbocycles. The Kier molecular flexibility index (Phi) is 3.93. The normalized spacial score (nSPS) is 9.93. The molecule has 0 aliphatic heterocycles. The van der Waals surface area contributed by atoms with Crippen LogP contribution in [0.2, 0.25) is 0 Å². The molecule has 0 aromatic heterocycles. The quantitative estimate of drug-likeness (QED) is 0.395. The van der Waals surface area contributed by atoms with E-state index in [1.807, 2.05) is 0 Å². The van der Waals surface area contributed by atoms with Gasteiger partial charge in [-0.3, -0.25) is 0 Å². The van der Waals surface area contributed by atoms with Crippen LogP contribution in [0.3, 0.4) is 0 Å². The summed E-state index contributed by atoms with van der Waals surface area (Å²) in [6.45, 7) is 0.302. The first kappa shape index (κ1) is 11.3. The highest BCUT2D eigenvalue weighted by Crippen LogP contribution is 2.10. The predicted molar refractivity (Wildman–Crippen MR) is 55.3 cm³/mol. The van der Waals surface area contributed by atoms with E-state index in [0.717, 1.165) is 17.0 Å². The number of benzene rings is 1. The van der Waals surface area contributed by atoms with Crippen molar-refractivity contribution >= 4 is 6.09 Å². The van der Waals surface area contributed by atoms with Crippen LogP contribution in [0.5, 0.6) is 5.75 Å². The number of aromatic hydroxyl groups is 1. The topological polar surface area (TPSA) is 86.8 Å². The van der Waals surface area contributed by atoms with Crippen molar-refractivity contribution in [3.8, 4) is 5.75 Å². The van der Waals surface area contributed by atoms with Crippen molar-refractivity contribution < 1.29 is 15.0 Å². The number of rotatable bonds is 4. The van der Waals surface area contributed by atoms with Gasteiger partial charge in [-0.2, -0.15) is 0 Å². The summed E-state index contributed by atoms with van der Waals surface area (Å²) >= 11 is 0. The molecule has 0 saturated heterocycles. The number of carboxylic acid groups (broad SMARTS) is 1. The van der Waals surface area contributed by atoms with E-state index in [9.17, 15) is 4.79 Å². The molecule has 0 aliphatic rings. The zero-order chi connectivity index (χ0) is 11.3. The number of carbonyl (C=O) groups is 1. The smallest absolute Gasteiger partial charge is 0.421 e. The lowest BCUT2D eigenvalue weighted by Crippen LogP contribution is -2.37. The molecule has 1 amide bonds. The van der Waals surface area contributed by atoms with Crippen molar-refractivity contribution in [1.82, 2.24) is 5.01 Å². The van der Waals surface area contributed by atoms with Crippen LogP contribution in [-0.4, -0.2) is 27.9 Å². The molecule has 0 heterocycles. The maximum Gasteiger partial charge on any atom is 0.421 e. The van der Waals surface area contributed by atoms with Gasteiger partial charge in [0.15, 0.2) is 0 Å². The van der Waals surface area contributed by atoms with Crippen LogP contribution in [0.1, 0.15) is 12.0 Å². The third-order valence-electron chi connectivity index (χ3n) is 2.05. The summed E-state index contributed by atoms with van der Waals surface area (Å²) in [7, 11) is 0. The number of hydrogen-bond donors (Lipinski definition) is 3. The van der Waals surface area contributed by atoms with Crippen molar-refractivity contribution in [2.24, 2.45) is 5.84 Å². The van der Waals surface area contributed by atoms with Crippen LogP contribution in [0.15, 0.2) is 24.3 Å². The lowest BCUT2D eigenvalue weighted by atomic mass is 10.1. The molecule has 0 spiro atoms. The number of phenolic OH excluding ortho intramolecular Hbond substituents is 1. The molecular weight excluding hydrogens is 196 g/mol. The summed E-state index contributed by atoms with van der Waals surface area (Å²) in [4.78, 5) is 10.4. The van der Waals surface area contributed by atoms with Gasteiger partial charge in [0.25, 0.3) is 0 Å². The van der Waals surface area contributed by atoms with Crippen LogP contribution < -0.4 is 5.84 Å². The Morgan fingerprint density at radius 2 is 1.93 bits per heavy atom.